The monoisotopic (exact) mass is 327 g/mol. The molecule has 1 unspecified atom stereocenters. The van der Waals surface area contributed by atoms with Gasteiger partial charge in [0.25, 0.3) is 10.9 Å². The first kappa shape index (κ1) is 17.5. The topological polar surface area (TPSA) is 71.8 Å². The molecule has 2 rings (SSSR count). The summed E-state index contributed by atoms with van der Waals surface area (Å²) in [7, 11) is 1.48. The number of rotatable bonds is 5. The Morgan fingerprint density at radius 3 is 2.33 bits per heavy atom. The van der Waals surface area contributed by atoms with Crippen LogP contribution in [0.3, 0.4) is 0 Å². The highest BCUT2D eigenvalue weighted by Gasteiger charge is 2.27. The van der Waals surface area contributed by atoms with Crippen LogP contribution in [0.5, 0.6) is 5.75 Å². The SMILES string of the molecule is [C-]#[N+]c1ccc(Nc2c(NC(C)C(C)(C)C)c(=O)c2=O)c(OC)c1. The summed E-state index contributed by atoms with van der Waals surface area (Å²) in [5.41, 5.74) is 0.334. The second-order valence-corrected chi connectivity index (χ2v) is 6.76. The van der Waals surface area contributed by atoms with Crippen LogP contribution in [0.4, 0.5) is 22.7 Å². The molecule has 0 spiro atoms. The molecule has 0 aromatic heterocycles. The lowest BCUT2D eigenvalue weighted by molar-refractivity contribution is 0.359. The van der Waals surface area contributed by atoms with Gasteiger partial charge in [-0.15, -0.1) is 0 Å². The molecule has 1 atom stereocenters. The van der Waals surface area contributed by atoms with E-state index < -0.39 is 10.9 Å². The summed E-state index contributed by atoms with van der Waals surface area (Å²) >= 11 is 0. The van der Waals surface area contributed by atoms with Gasteiger partial charge in [-0.1, -0.05) is 26.8 Å². The Hall–Kier alpha value is -2.81. The number of benzene rings is 1. The first-order chi connectivity index (χ1) is 11.2. The maximum absolute atomic E-state index is 11.9. The lowest BCUT2D eigenvalue weighted by Crippen LogP contribution is -2.41. The van der Waals surface area contributed by atoms with Crippen LogP contribution in [0.15, 0.2) is 27.8 Å². The van der Waals surface area contributed by atoms with Gasteiger partial charge in [-0.3, -0.25) is 9.59 Å². The summed E-state index contributed by atoms with van der Waals surface area (Å²) in [6.45, 7) is 15.1. The molecule has 0 saturated heterocycles. The summed E-state index contributed by atoms with van der Waals surface area (Å²) in [5.74, 6) is 0.436. The first-order valence-corrected chi connectivity index (χ1v) is 7.61. The molecule has 0 radical (unpaired) electrons. The van der Waals surface area contributed by atoms with E-state index in [0.717, 1.165) is 0 Å². The predicted octanol–water partition coefficient (Wildman–Crippen LogP) is 3.43. The molecule has 0 aliphatic heterocycles. The predicted molar refractivity (Wildman–Crippen MR) is 96.4 cm³/mol. The van der Waals surface area contributed by atoms with E-state index in [2.05, 4.69) is 36.2 Å². The number of hydrogen-bond acceptors (Lipinski definition) is 5. The van der Waals surface area contributed by atoms with Crippen LogP contribution in [-0.4, -0.2) is 13.2 Å². The number of nitrogens with zero attached hydrogens (tertiary/aromatic N) is 1. The van der Waals surface area contributed by atoms with Crippen molar-refractivity contribution >= 4 is 22.7 Å². The summed E-state index contributed by atoms with van der Waals surface area (Å²) in [5, 5.41) is 6.08. The standard InChI is InChI=1S/C18H21N3O3/c1-10(18(2,3)4)20-14-15(17(23)16(14)22)21-12-8-7-11(19-5)9-13(12)24-6/h7-10,20-21H,1-4,6H3. The van der Waals surface area contributed by atoms with Crippen LogP contribution < -0.4 is 26.2 Å². The van der Waals surface area contributed by atoms with E-state index >= 15 is 0 Å². The number of nitrogens with one attached hydrogen (secondary N) is 2. The molecule has 6 nitrogen and oxygen atoms in total. The molecule has 2 aromatic rings. The lowest BCUT2D eigenvalue weighted by Gasteiger charge is -2.30. The molecule has 0 aliphatic carbocycles. The van der Waals surface area contributed by atoms with E-state index in [1.165, 1.54) is 7.11 Å². The first-order valence-electron chi connectivity index (χ1n) is 7.61. The van der Waals surface area contributed by atoms with Crippen molar-refractivity contribution in [1.82, 2.24) is 0 Å². The van der Waals surface area contributed by atoms with E-state index in [1.807, 2.05) is 6.92 Å². The second-order valence-electron chi connectivity index (χ2n) is 6.76. The van der Waals surface area contributed by atoms with E-state index in [1.54, 1.807) is 18.2 Å². The molecule has 0 bridgehead atoms. The number of hydrogen-bond donors (Lipinski definition) is 2. The number of methoxy groups -OCH3 is 1. The van der Waals surface area contributed by atoms with Gasteiger partial charge in [-0.05, 0) is 24.5 Å². The van der Waals surface area contributed by atoms with Crippen LogP contribution in [0.2, 0.25) is 0 Å². The van der Waals surface area contributed by atoms with Crippen molar-refractivity contribution in [2.75, 3.05) is 17.7 Å². The molecule has 2 aromatic carbocycles. The highest BCUT2D eigenvalue weighted by molar-refractivity contribution is 5.81. The lowest BCUT2D eigenvalue weighted by atomic mass is 9.87. The third kappa shape index (κ3) is 3.25. The van der Waals surface area contributed by atoms with Gasteiger partial charge in [-0.25, -0.2) is 4.85 Å². The molecular formula is C18H21N3O3. The summed E-state index contributed by atoms with van der Waals surface area (Å²) in [4.78, 5) is 27.2. The Morgan fingerprint density at radius 2 is 1.79 bits per heavy atom. The Morgan fingerprint density at radius 1 is 1.17 bits per heavy atom. The third-order valence-corrected chi connectivity index (χ3v) is 4.14. The van der Waals surface area contributed by atoms with Gasteiger partial charge < -0.3 is 15.4 Å². The Labute approximate surface area is 141 Å². The maximum atomic E-state index is 11.9. The summed E-state index contributed by atoms with van der Waals surface area (Å²) < 4.78 is 5.24. The maximum Gasteiger partial charge on any atom is 0.253 e. The average molecular weight is 327 g/mol. The van der Waals surface area contributed by atoms with Gasteiger partial charge >= 0.3 is 0 Å². The zero-order valence-corrected chi connectivity index (χ0v) is 14.5. The fourth-order valence-corrected chi connectivity index (χ4v) is 2.07. The van der Waals surface area contributed by atoms with Gasteiger partial charge in [0, 0.05) is 6.04 Å². The van der Waals surface area contributed by atoms with Gasteiger partial charge in [0.05, 0.1) is 19.4 Å². The average Bonchev–Trinajstić information content (AvgIpc) is 2.56. The highest BCUT2D eigenvalue weighted by atomic mass is 16.5. The highest BCUT2D eigenvalue weighted by Crippen LogP contribution is 2.33. The molecule has 24 heavy (non-hydrogen) atoms. The zero-order chi connectivity index (χ0) is 18.1. The van der Waals surface area contributed by atoms with Crippen LogP contribution in [-0.2, 0) is 0 Å². The van der Waals surface area contributed by atoms with Crippen molar-refractivity contribution in [2.45, 2.75) is 33.7 Å². The van der Waals surface area contributed by atoms with Crippen molar-refractivity contribution in [3.8, 4) is 5.75 Å². The minimum atomic E-state index is -0.560. The molecule has 0 heterocycles. The Kier molecular flexibility index (Phi) is 4.65. The molecule has 0 aliphatic rings. The van der Waals surface area contributed by atoms with E-state index in [-0.39, 0.29) is 17.1 Å². The molecular weight excluding hydrogens is 306 g/mol. The zero-order valence-electron chi connectivity index (χ0n) is 14.5. The third-order valence-electron chi connectivity index (χ3n) is 4.14. The fourth-order valence-electron chi connectivity index (χ4n) is 2.07. The molecule has 0 amide bonds. The molecule has 2 N–H and O–H groups in total. The quantitative estimate of drug-likeness (QED) is 0.650. The van der Waals surface area contributed by atoms with Crippen LogP contribution in [0, 0.1) is 12.0 Å². The smallest absolute Gasteiger partial charge is 0.253 e. The fraction of sp³-hybridized carbons (Fsp3) is 0.389. The molecule has 0 saturated carbocycles. The van der Waals surface area contributed by atoms with Crippen molar-refractivity contribution in [3.63, 3.8) is 0 Å². The van der Waals surface area contributed by atoms with Crippen molar-refractivity contribution in [1.29, 1.82) is 0 Å². The van der Waals surface area contributed by atoms with Crippen molar-refractivity contribution in [2.24, 2.45) is 5.41 Å². The van der Waals surface area contributed by atoms with Gasteiger partial charge in [0.2, 0.25) is 0 Å². The van der Waals surface area contributed by atoms with Crippen molar-refractivity contribution < 1.29 is 4.74 Å². The summed E-state index contributed by atoms with van der Waals surface area (Å²) in [6.07, 6.45) is 0. The van der Waals surface area contributed by atoms with Crippen LogP contribution in [0.25, 0.3) is 4.85 Å². The van der Waals surface area contributed by atoms with Gasteiger partial charge in [-0.2, -0.15) is 0 Å². The van der Waals surface area contributed by atoms with E-state index in [9.17, 15) is 9.59 Å². The van der Waals surface area contributed by atoms with E-state index in [0.29, 0.717) is 22.8 Å². The number of anilines is 3. The van der Waals surface area contributed by atoms with Crippen molar-refractivity contribution in [3.05, 3.63) is 50.1 Å². The molecule has 6 heteroatoms. The second kappa shape index (κ2) is 6.36. The van der Waals surface area contributed by atoms with Gasteiger partial charge in [0.1, 0.15) is 17.1 Å². The van der Waals surface area contributed by atoms with Crippen LogP contribution >= 0.6 is 0 Å². The number of ether oxygens (including phenoxy) is 1. The minimum absolute atomic E-state index is 0.00716. The Balaban J connectivity index is 2.33. The van der Waals surface area contributed by atoms with Crippen LogP contribution in [0.1, 0.15) is 27.7 Å². The molecule has 126 valence electrons. The van der Waals surface area contributed by atoms with Gasteiger partial charge in [0.15, 0.2) is 5.69 Å². The summed E-state index contributed by atoms with van der Waals surface area (Å²) in [6, 6.07) is 4.85. The molecule has 0 fully saturated rings. The largest absolute Gasteiger partial charge is 0.496 e. The normalized spacial score (nSPS) is 12.5. The minimum Gasteiger partial charge on any atom is -0.496 e. The van der Waals surface area contributed by atoms with E-state index in [4.69, 9.17) is 11.3 Å². The Bertz CT molecular complexity index is 865.